The number of hydrogen-bond acceptors (Lipinski definition) is 14. The molecule has 0 bridgehead atoms. The van der Waals surface area contributed by atoms with E-state index in [1.807, 2.05) is 0 Å². The predicted molar refractivity (Wildman–Crippen MR) is 261 cm³/mol. The number of aliphatic hydroxyl groups excluding tert-OH is 1. The van der Waals surface area contributed by atoms with Crippen molar-refractivity contribution < 1.29 is 63.3 Å². The van der Waals surface area contributed by atoms with Gasteiger partial charge in [-0.1, -0.05) is 141 Å². The third kappa shape index (κ3) is 15.3. The van der Waals surface area contributed by atoms with Crippen LogP contribution in [0.15, 0.2) is 18.2 Å². The van der Waals surface area contributed by atoms with E-state index in [4.69, 9.17) is 24.7 Å². The van der Waals surface area contributed by atoms with E-state index in [9.17, 15) is 44.4 Å². The summed E-state index contributed by atoms with van der Waals surface area (Å²) in [6.07, 6.45) is 20.6. The maximum atomic E-state index is 14.0. The maximum Gasteiger partial charge on any atom is 0.306 e. The van der Waals surface area contributed by atoms with Crippen LogP contribution in [0, 0.1) is 0 Å². The first kappa shape index (κ1) is 55.5. The van der Waals surface area contributed by atoms with Gasteiger partial charge in [-0.15, -0.1) is 0 Å². The van der Waals surface area contributed by atoms with E-state index in [0.717, 1.165) is 19.3 Å². The third-order valence-electron chi connectivity index (χ3n) is 14.2. The van der Waals surface area contributed by atoms with E-state index in [0.29, 0.717) is 6.54 Å². The zero-order chi connectivity index (χ0) is 49.9. The van der Waals surface area contributed by atoms with Gasteiger partial charge in [-0.2, -0.15) is 0 Å². The van der Waals surface area contributed by atoms with Gasteiger partial charge in [-0.05, 0) is 25.8 Å². The summed E-state index contributed by atoms with van der Waals surface area (Å²) in [4.78, 5) is 66.9. The molecule has 5 rings (SSSR count). The topological polar surface area (TPSA) is 241 Å². The van der Waals surface area contributed by atoms with Crippen molar-refractivity contribution in [2.45, 2.75) is 217 Å². The summed E-state index contributed by atoms with van der Waals surface area (Å²) in [6, 6.07) is 3.58. The molecule has 0 radical (unpaired) electrons. The summed E-state index contributed by atoms with van der Waals surface area (Å²) < 4.78 is 22.6. The van der Waals surface area contributed by atoms with Gasteiger partial charge in [0.15, 0.2) is 18.7 Å². The number of Topliss-reactive ketones (excluding diaryl/α,β-unsaturated/α-hetero) is 1. The fourth-order valence-corrected chi connectivity index (χ4v) is 10.0. The Morgan fingerprint density at radius 1 is 0.783 bits per heavy atom. The van der Waals surface area contributed by atoms with Crippen molar-refractivity contribution in [2.75, 3.05) is 20.3 Å². The average molecular weight is 965 g/mol. The van der Waals surface area contributed by atoms with Gasteiger partial charge >= 0.3 is 5.97 Å². The third-order valence-corrected chi connectivity index (χ3v) is 14.2. The van der Waals surface area contributed by atoms with Crippen LogP contribution < -0.4 is 15.8 Å². The van der Waals surface area contributed by atoms with Crippen LogP contribution in [-0.2, 0) is 35.0 Å². The van der Waals surface area contributed by atoms with Gasteiger partial charge in [-0.3, -0.25) is 24.0 Å². The summed E-state index contributed by atoms with van der Waals surface area (Å²) in [5.74, 6) is -4.86. The Labute approximate surface area is 408 Å². The van der Waals surface area contributed by atoms with Crippen LogP contribution >= 0.6 is 0 Å². The fraction of sp³-hybridized carbons (Fsp3) is 0.685. The van der Waals surface area contributed by atoms with Crippen LogP contribution in [0.25, 0.3) is 0 Å². The molecule has 0 aromatic heterocycles. The van der Waals surface area contributed by atoms with Crippen molar-refractivity contribution >= 4 is 29.2 Å². The second-order valence-corrected chi connectivity index (χ2v) is 19.6. The molecule has 384 valence electrons. The van der Waals surface area contributed by atoms with Gasteiger partial charge in [0.1, 0.15) is 22.8 Å². The highest BCUT2D eigenvalue weighted by atomic mass is 16.7. The Balaban J connectivity index is 1.02. The first-order valence-electron chi connectivity index (χ1n) is 26.0. The van der Waals surface area contributed by atoms with Crippen LogP contribution in [0.2, 0.25) is 0 Å². The van der Waals surface area contributed by atoms with E-state index in [1.54, 1.807) is 6.92 Å². The van der Waals surface area contributed by atoms with E-state index >= 15 is 0 Å². The minimum atomic E-state index is -2.37. The molecule has 1 amide bonds. The number of phenolic OH excluding ortho intramolecular Hbond substituents is 2. The molecule has 15 heteroatoms. The lowest BCUT2D eigenvalue weighted by atomic mass is 9.72. The van der Waals surface area contributed by atoms with Gasteiger partial charge in [0.2, 0.25) is 17.5 Å². The number of unbranched alkanes of at least 4 members (excludes halogenated alkanes) is 19. The standard InChI is InChI=1S/C54H80N2O13/c1-4-5-6-7-8-9-10-11-12-13-14-15-16-17-18-19-20-21-22-23-30-56-42(58)28-25-29-43(59)67-34-41(57)54(65)32-37-46(40(33-54)69-44-31-38(55)49(60)35(2)68-44)53(64)48-47(51(37)62)50(61)36-26-24-27-39(66-3)45(36)52(48)63/h24,26-27,35,38,40,44,49,60,62,64-65H,4-23,25,28-34,55H2,1-3H3,(H,56,58)/t35?,38?,40-,44?,49?,54-/m0/s1. The zero-order valence-corrected chi connectivity index (χ0v) is 41.5. The van der Waals surface area contributed by atoms with Crippen molar-refractivity contribution in [2.24, 2.45) is 5.73 Å². The molecule has 1 heterocycles. The molecule has 2 aromatic rings. The number of fused-ring (bicyclic) bond motifs is 3. The van der Waals surface area contributed by atoms with Gasteiger partial charge < -0.3 is 50.4 Å². The number of ether oxygens (including phenoxy) is 4. The smallest absolute Gasteiger partial charge is 0.306 e. The van der Waals surface area contributed by atoms with Gasteiger partial charge in [0, 0.05) is 61.4 Å². The fourth-order valence-electron chi connectivity index (χ4n) is 10.0. The highest BCUT2D eigenvalue weighted by Crippen LogP contribution is 2.52. The number of carbonyl (C=O) groups is 5. The Bertz CT molecular complexity index is 2030. The molecule has 6 atom stereocenters. The summed E-state index contributed by atoms with van der Waals surface area (Å²) in [5, 5.41) is 48.9. The molecule has 2 aliphatic carbocycles. The van der Waals surface area contributed by atoms with Crippen LogP contribution in [-0.4, -0.2) is 100 Å². The van der Waals surface area contributed by atoms with Crippen LogP contribution in [0.4, 0.5) is 0 Å². The monoisotopic (exact) mass is 965 g/mol. The number of benzene rings is 2. The van der Waals surface area contributed by atoms with Crippen LogP contribution in [0.5, 0.6) is 17.2 Å². The average Bonchev–Trinajstić information content (AvgIpc) is 3.32. The number of phenols is 2. The molecule has 69 heavy (non-hydrogen) atoms. The zero-order valence-electron chi connectivity index (χ0n) is 41.5. The second-order valence-electron chi connectivity index (χ2n) is 19.6. The van der Waals surface area contributed by atoms with Crippen molar-refractivity contribution in [3.63, 3.8) is 0 Å². The molecule has 7 N–H and O–H groups in total. The first-order valence-corrected chi connectivity index (χ1v) is 26.0. The number of nitrogens with one attached hydrogen (secondary N) is 1. The number of amides is 1. The van der Waals surface area contributed by atoms with Gasteiger partial charge in [-0.25, -0.2) is 0 Å². The summed E-state index contributed by atoms with van der Waals surface area (Å²) in [5.41, 5.74) is 2.19. The van der Waals surface area contributed by atoms with Gasteiger partial charge in [0.05, 0.1) is 42.1 Å². The molecule has 1 aliphatic heterocycles. The Morgan fingerprint density at radius 2 is 1.35 bits per heavy atom. The lowest BCUT2D eigenvalue weighted by molar-refractivity contribution is -0.247. The van der Waals surface area contributed by atoms with Crippen molar-refractivity contribution in [1.82, 2.24) is 5.32 Å². The molecular formula is C54H80N2O13. The van der Waals surface area contributed by atoms with E-state index in [2.05, 4.69) is 12.2 Å². The number of methoxy groups -OCH3 is 1. The Kier molecular flexibility index (Phi) is 22.4. The molecule has 1 saturated heterocycles. The molecular weight excluding hydrogens is 885 g/mol. The highest BCUT2D eigenvalue weighted by Gasteiger charge is 2.50. The van der Waals surface area contributed by atoms with Crippen molar-refractivity contribution in [1.29, 1.82) is 0 Å². The van der Waals surface area contributed by atoms with E-state index < -0.39 is 102 Å². The quantitative estimate of drug-likeness (QED) is 0.0201. The van der Waals surface area contributed by atoms with Gasteiger partial charge in [0.25, 0.3) is 0 Å². The first-order chi connectivity index (χ1) is 33.2. The maximum absolute atomic E-state index is 14.0. The molecule has 0 spiro atoms. The van der Waals surface area contributed by atoms with Crippen LogP contribution in [0.1, 0.15) is 223 Å². The van der Waals surface area contributed by atoms with E-state index in [-0.39, 0.29) is 59.6 Å². The Hall–Kier alpha value is -4.41. The lowest BCUT2D eigenvalue weighted by Crippen LogP contribution is -2.53. The van der Waals surface area contributed by atoms with Crippen molar-refractivity contribution in [3.8, 4) is 17.2 Å². The highest BCUT2D eigenvalue weighted by molar-refractivity contribution is 6.31. The number of esters is 1. The molecule has 0 saturated carbocycles. The summed E-state index contributed by atoms with van der Waals surface area (Å²) in [6.45, 7) is 3.54. The number of aromatic hydroxyl groups is 2. The minimum absolute atomic E-state index is 0.0291. The number of aliphatic hydroxyl groups is 2. The lowest BCUT2D eigenvalue weighted by Gasteiger charge is -2.42. The number of nitrogens with two attached hydrogens (primary N) is 1. The van der Waals surface area contributed by atoms with Crippen molar-refractivity contribution in [3.05, 3.63) is 51.6 Å². The molecule has 2 aromatic carbocycles. The summed E-state index contributed by atoms with van der Waals surface area (Å²) >= 11 is 0. The number of carbonyl (C=O) groups excluding carboxylic acids is 5. The normalized spacial score (nSPS) is 21.9. The molecule has 4 unspecified atom stereocenters. The minimum Gasteiger partial charge on any atom is -0.507 e. The molecule has 3 aliphatic rings. The second kappa shape index (κ2) is 27.8. The number of rotatable bonds is 31. The molecule has 15 nitrogen and oxygen atoms in total. The molecule has 1 fully saturated rings. The van der Waals surface area contributed by atoms with E-state index in [1.165, 1.54) is 134 Å². The largest absolute Gasteiger partial charge is 0.507 e. The van der Waals surface area contributed by atoms with Crippen LogP contribution in [0.3, 0.4) is 0 Å². The SMILES string of the molecule is CCCCCCCCCCCCCCCCCCCCCCNC(=O)CCCC(=O)OCC(=O)[C@]1(O)Cc2c(O)c3c(c(O)c2[C@@H](OC2CC(N)C(O)C(C)O2)C1)C(=O)c1c(OC)cccc1C3=O. The Morgan fingerprint density at radius 3 is 1.91 bits per heavy atom. The number of ketones is 3. The number of hydrogen-bond donors (Lipinski definition) is 6. The predicted octanol–water partition coefficient (Wildman–Crippen LogP) is 8.66. The summed E-state index contributed by atoms with van der Waals surface area (Å²) in [7, 11) is 1.32.